The van der Waals surface area contributed by atoms with E-state index >= 15 is 0 Å². The highest BCUT2D eigenvalue weighted by atomic mass is 32.2. The molecule has 0 radical (unpaired) electrons. The zero-order chi connectivity index (χ0) is 14.1. The van der Waals surface area contributed by atoms with Crippen molar-refractivity contribution in [1.82, 2.24) is 9.21 Å². The quantitative estimate of drug-likeness (QED) is 0.837. The maximum Gasteiger partial charge on any atom is 0.407 e. The van der Waals surface area contributed by atoms with Crippen molar-refractivity contribution < 1.29 is 18.3 Å². The van der Waals surface area contributed by atoms with Gasteiger partial charge in [0.15, 0.2) is 0 Å². The molecule has 0 bridgehead atoms. The van der Waals surface area contributed by atoms with Gasteiger partial charge in [0.05, 0.1) is 6.26 Å². The molecule has 1 atom stereocenters. The fourth-order valence-electron chi connectivity index (χ4n) is 2.14. The molecule has 0 spiro atoms. The Kier molecular flexibility index (Phi) is 4.27. The summed E-state index contributed by atoms with van der Waals surface area (Å²) in [6.07, 6.45) is 0.946. The van der Waals surface area contributed by atoms with Gasteiger partial charge in [0.1, 0.15) is 0 Å². The Morgan fingerprint density at radius 2 is 2.00 bits per heavy atom. The minimum Gasteiger partial charge on any atom is -0.465 e. The summed E-state index contributed by atoms with van der Waals surface area (Å²) in [5, 5.41) is 9.19. The number of amides is 1. The lowest BCUT2D eigenvalue weighted by molar-refractivity contribution is 0.0902. The average Bonchev–Trinajstić information content (AvgIpc) is 2.58. The Hall–Kier alpha value is -0.820. The van der Waals surface area contributed by atoms with Crippen LogP contribution in [0.25, 0.3) is 0 Å². The molecule has 106 valence electrons. The molecule has 6 nitrogen and oxygen atoms in total. The van der Waals surface area contributed by atoms with E-state index in [0.717, 1.165) is 0 Å². The van der Waals surface area contributed by atoms with Gasteiger partial charge >= 0.3 is 6.09 Å². The van der Waals surface area contributed by atoms with E-state index < -0.39 is 21.7 Å². The summed E-state index contributed by atoms with van der Waals surface area (Å²) >= 11 is 0. The summed E-state index contributed by atoms with van der Waals surface area (Å²) in [6, 6.07) is 0. The molecule has 0 aromatic rings. The second kappa shape index (κ2) is 5.05. The van der Waals surface area contributed by atoms with Crippen molar-refractivity contribution in [2.75, 3.05) is 25.9 Å². The number of rotatable bonds is 3. The standard InChI is InChI=1S/C11H22N2O4S/c1-11(2,3)13(10(14)15)8-9-5-6-12(7-9)18(4,16)17/h9H,5-8H2,1-4H3,(H,14,15). The monoisotopic (exact) mass is 278 g/mol. The first-order valence-electron chi connectivity index (χ1n) is 5.97. The summed E-state index contributed by atoms with van der Waals surface area (Å²) < 4.78 is 24.2. The van der Waals surface area contributed by atoms with Crippen LogP contribution in [0.3, 0.4) is 0 Å². The molecule has 7 heteroatoms. The molecule has 0 aromatic heterocycles. The van der Waals surface area contributed by atoms with Gasteiger partial charge < -0.3 is 10.0 Å². The van der Waals surface area contributed by atoms with Crippen LogP contribution in [0.15, 0.2) is 0 Å². The number of hydrogen-bond acceptors (Lipinski definition) is 3. The third-order valence-electron chi connectivity index (χ3n) is 3.20. The zero-order valence-corrected chi connectivity index (χ0v) is 12.2. The summed E-state index contributed by atoms with van der Waals surface area (Å²) in [4.78, 5) is 12.6. The highest BCUT2D eigenvalue weighted by Crippen LogP contribution is 2.23. The molecule has 1 fully saturated rings. The van der Waals surface area contributed by atoms with Crippen LogP contribution in [0.5, 0.6) is 0 Å². The maximum absolute atomic E-state index is 11.4. The lowest BCUT2D eigenvalue weighted by Crippen LogP contribution is -2.47. The molecule has 0 saturated carbocycles. The van der Waals surface area contributed by atoms with Crippen LogP contribution in [0.1, 0.15) is 27.2 Å². The van der Waals surface area contributed by atoms with Gasteiger partial charge in [-0.1, -0.05) is 0 Å². The third-order valence-corrected chi connectivity index (χ3v) is 4.47. The van der Waals surface area contributed by atoms with Crippen LogP contribution in [0.2, 0.25) is 0 Å². The van der Waals surface area contributed by atoms with E-state index in [-0.39, 0.29) is 5.92 Å². The highest BCUT2D eigenvalue weighted by molar-refractivity contribution is 7.88. The van der Waals surface area contributed by atoms with Crippen LogP contribution in [0.4, 0.5) is 4.79 Å². The first-order chi connectivity index (χ1) is 8.01. The second-order valence-electron chi connectivity index (χ2n) is 5.84. The molecule has 1 amide bonds. The van der Waals surface area contributed by atoms with Crippen molar-refractivity contribution >= 4 is 16.1 Å². The normalized spacial score (nSPS) is 22.1. The van der Waals surface area contributed by atoms with Gasteiger partial charge in [-0.25, -0.2) is 17.5 Å². The topological polar surface area (TPSA) is 77.9 Å². The Labute approximate surface area is 109 Å². The van der Waals surface area contributed by atoms with Gasteiger partial charge in [-0.05, 0) is 33.1 Å². The lowest BCUT2D eigenvalue weighted by Gasteiger charge is -2.35. The zero-order valence-electron chi connectivity index (χ0n) is 11.4. The SMILES string of the molecule is CC(C)(C)N(CC1CCN(S(C)(=O)=O)C1)C(=O)O. The smallest absolute Gasteiger partial charge is 0.407 e. The van der Waals surface area contributed by atoms with E-state index in [9.17, 15) is 18.3 Å². The molecular formula is C11H22N2O4S. The van der Waals surface area contributed by atoms with Crippen LogP contribution in [-0.2, 0) is 10.0 Å². The average molecular weight is 278 g/mol. The van der Waals surface area contributed by atoms with Gasteiger partial charge in [0, 0.05) is 25.2 Å². The van der Waals surface area contributed by atoms with Gasteiger partial charge in [0.25, 0.3) is 0 Å². The van der Waals surface area contributed by atoms with Crippen molar-refractivity contribution in [2.45, 2.75) is 32.7 Å². The highest BCUT2D eigenvalue weighted by Gasteiger charge is 2.34. The first-order valence-corrected chi connectivity index (χ1v) is 7.82. The van der Waals surface area contributed by atoms with Gasteiger partial charge in [-0.2, -0.15) is 0 Å². The molecule has 1 aliphatic rings. The molecule has 1 heterocycles. The van der Waals surface area contributed by atoms with E-state index in [2.05, 4.69) is 0 Å². The van der Waals surface area contributed by atoms with E-state index in [1.807, 2.05) is 20.8 Å². The van der Waals surface area contributed by atoms with Crippen molar-refractivity contribution in [3.8, 4) is 0 Å². The number of carboxylic acid groups (broad SMARTS) is 1. The lowest BCUT2D eigenvalue weighted by atomic mass is 10.0. The van der Waals surface area contributed by atoms with Crippen molar-refractivity contribution in [1.29, 1.82) is 0 Å². The van der Waals surface area contributed by atoms with Gasteiger partial charge in [-0.15, -0.1) is 0 Å². The maximum atomic E-state index is 11.4. The Morgan fingerprint density at radius 1 is 1.44 bits per heavy atom. The van der Waals surface area contributed by atoms with Crippen LogP contribution in [0, 0.1) is 5.92 Å². The van der Waals surface area contributed by atoms with Crippen molar-refractivity contribution in [3.63, 3.8) is 0 Å². The number of sulfonamides is 1. The fourth-order valence-corrected chi connectivity index (χ4v) is 3.06. The fraction of sp³-hybridized carbons (Fsp3) is 0.909. The Balaban J connectivity index is 2.67. The van der Waals surface area contributed by atoms with E-state index in [1.165, 1.54) is 15.5 Å². The van der Waals surface area contributed by atoms with Crippen LogP contribution >= 0.6 is 0 Å². The van der Waals surface area contributed by atoms with Gasteiger partial charge in [0.2, 0.25) is 10.0 Å². The van der Waals surface area contributed by atoms with Crippen molar-refractivity contribution in [2.24, 2.45) is 5.92 Å². The van der Waals surface area contributed by atoms with Crippen LogP contribution in [-0.4, -0.2) is 60.3 Å². The van der Waals surface area contributed by atoms with Crippen molar-refractivity contribution in [3.05, 3.63) is 0 Å². The number of nitrogens with zero attached hydrogens (tertiary/aromatic N) is 2. The molecule has 1 aliphatic heterocycles. The molecule has 1 saturated heterocycles. The van der Waals surface area contributed by atoms with E-state index in [1.54, 1.807) is 0 Å². The molecular weight excluding hydrogens is 256 g/mol. The predicted molar refractivity (Wildman–Crippen MR) is 69.0 cm³/mol. The molecule has 0 aromatic carbocycles. The summed E-state index contributed by atoms with van der Waals surface area (Å²) in [7, 11) is -3.16. The molecule has 1 N–H and O–H groups in total. The molecule has 0 aliphatic carbocycles. The first kappa shape index (κ1) is 15.2. The number of hydrogen-bond donors (Lipinski definition) is 1. The summed E-state index contributed by atoms with van der Waals surface area (Å²) in [5.41, 5.74) is -0.468. The Morgan fingerprint density at radius 3 is 2.33 bits per heavy atom. The van der Waals surface area contributed by atoms with Gasteiger partial charge in [-0.3, -0.25) is 0 Å². The Bertz CT molecular complexity index is 413. The molecule has 18 heavy (non-hydrogen) atoms. The minimum absolute atomic E-state index is 0.0787. The predicted octanol–water partition coefficient (Wildman–Crippen LogP) is 1.05. The summed E-state index contributed by atoms with van der Waals surface area (Å²) in [5.74, 6) is 0.0787. The summed E-state index contributed by atoms with van der Waals surface area (Å²) in [6.45, 7) is 6.80. The van der Waals surface area contributed by atoms with Crippen LogP contribution < -0.4 is 0 Å². The largest absolute Gasteiger partial charge is 0.465 e. The number of carbonyl (C=O) groups is 1. The van der Waals surface area contributed by atoms with E-state index in [4.69, 9.17) is 0 Å². The molecule has 1 rings (SSSR count). The molecule has 1 unspecified atom stereocenters. The van der Waals surface area contributed by atoms with E-state index in [0.29, 0.717) is 26.1 Å². The third kappa shape index (κ3) is 3.84. The second-order valence-corrected chi connectivity index (χ2v) is 7.82. The minimum atomic E-state index is -3.16.